The van der Waals surface area contributed by atoms with Crippen LogP contribution in [0.2, 0.25) is 0 Å². The van der Waals surface area contributed by atoms with Gasteiger partial charge in [-0.25, -0.2) is 0 Å². The van der Waals surface area contributed by atoms with Crippen molar-refractivity contribution in [1.82, 2.24) is 5.32 Å². The van der Waals surface area contributed by atoms with Gasteiger partial charge in [-0.3, -0.25) is 19.7 Å². The van der Waals surface area contributed by atoms with Gasteiger partial charge in [-0.2, -0.15) is 5.10 Å². The van der Waals surface area contributed by atoms with Gasteiger partial charge in [0.05, 0.1) is 23.8 Å². The number of nitro groups is 1. The fourth-order valence-corrected chi connectivity index (χ4v) is 4.12. The van der Waals surface area contributed by atoms with Crippen LogP contribution in [0.4, 0.5) is 11.4 Å². The number of rotatable bonds is 8. The molecule has 0 spiro atoms. The summed E-state index contributed by atoms with van der Waals surface area (Å²) < 4.78 is 11.0. The summed E-state index contributed by atoms with van der Waals surface area (Å²) in [5, 5.41) is 24.0. The molecule has 2 amide bonds. The molecule has 12 heteroatoms. The number of hydrogen-bond acceptors (Lipinski definition) is 9. The van der Waals surface area contributed by atoms with Crippen molar-refractivity contribution < 1.29 is 23.7 Å². The third-order valence-electron chi connectivity index (χ3n) is 4.82. The highest BCUT2D eigenvalue weighted by molar-refractivity contribution is 8.15. The second kappa shape index (κ2) is 10.7. The highest BCUT2D eigenvalue weighted by atomic mass is 32.2. The molecule has 2 N–H and O–H groups in total. The monoisotopic (exact) mass is 493 g/mol. The second-order valence-electron chi connectivity index (χ2n) is 7.21. The van der Waals surface area contributed by atoms with Crippen molar-refractivity contribution in [3.63, 3.8) is 0 Å². The van der Waals surface area contributed by atoms with E-state index < -0.39 is 10.2 Å². The zero-order chi connectivity index (χ0) is 24.8. The number of nitrogens with zero attached hydrogens (tertiary/aromatic N) is 3. The van der Waals surface area contributed by atoms with Crippen LogP contribution in [-0.2, 0) is 9.59 Å². The normalized spacial score (nSPS) is 16.4. The summed E-state index contributed by atoms with van der Waals surface area (Å²) in [4.78, 5) is 35.0. The van der Waals surface area contributed by atoms with Crippen molar-refractivity contribution in [2.45, 2.75) is 11.7 Å². The largest absolute Gasteiger partial charge is 0.496 e. The number of carbonyl (C=O) groups excluding carboxylic acids is 2. The Morgan fingerprint density at radius 1 is 1.26 bits per heavy atom. The molecule has 0 aliphatic carbocycles. The molecule has 1 fully saturated rings. The highest BCUT2D eigenvalue weighted by Crippen LogP contribution is 2.34. The maximum atomic E-state index is 12.2. The lowest BCUT2D eigenvalue weighted by atomic mass is 10.1. The summed E-state index contributed by atoms with van der Waals surface area (Å²) in [5.41, 5.74) is 0.975. The Morgan fingerprint density at radius 2 is 2.06 bits per heavy atom. The number of para-hydroxylation sites is 1. The van der Waals surface area contributed by atoms with Crippen LogP contribution in [0.1, 0.15) is 12.2 Å². The molecule has 0 saturated carbocycles. The number of anilines is 1. The van der Waals surface area contributed by atoms with Gasteiger partial charge in [0.2, 0.25) is 11.8 Å². The van der Waals surface area contributed by atoms with Crippen molar-refractivity contribution in [3.05, 3.63) is 76.5 Å². The maximum Gasteiger partial charge on any atom is 0.270 e. The minimum atomic E-state index is -0.621. The van der Waals surface area contributed by atoms with Crippen molar-refractivity contribution in [3.8, 4) is 17.1 Å². The molecule has 1 aliphatic rings. The van der Waals surface area contributed by atoms with E-state index in [4.69, 9.17) is 9.15 Å². The van der Waals surface area contributed by atoms with Crippen LogP contribution >= 0.6 is 11.8 Å². The van der Waals surface area contributed by atoms with E-state index in [1.807, 2.05) is 6.07 Å². The first kappa shape index (κ1) is 23.7. The Bertz CT molecular complexity index is 1320. The lowest BCUT2D eigenvalue weighted by Gasteiger charge is -2.06. The van der Waals surface area contributed by atoms with E-state index in [9.17, 15) is 19.7 Å². The zero-order valence-corrected chi connectivity index (χ0v) is 19.2. The molecule has 1 atom stereocenters. The molecule has 3 aromatic rings. The molecular formula is C23H19N5O6S. The Kier molecular flexibility index (Phi) is 7.21. The van der Waals surface area contributed by atoms with Crippen LogP contribution in [0.25, 0.3) is 11.3 Å². The zero-order valence-electron chi connectivity index (χ0n) is 18.3. The van der Waals surface area contributed by atoms with Crippen molar-refractivity contribution in [2.24, 2.45) is 10.2 Å². The molecule has 0 bridgehead atoms. The molecular weight excluding hydrogens is 474 g/mol. The van der Waals surface area contributed by atoms with E-state index in [2.05, 4.69) is 20.8 Å². The molecule has 2 aromatic carbocycles. The lowest BCUT2D eigenvalue weighted by Crippen LogP contribution is -2.28. The molecule has 2 heterocycles. The number of ether oxygens (including phenoxy) is 1. The number of amidine groups is 1. The first-order valence-corrected chi connectivity index (χ1v) is 11.2. The van der Waals surface area contributed by atoms with Crippen LogP contribution in [-0.4, -0.2) is 40.5 Å². The summed E-state index contributed by atoms with van der Waals surface area (Å²) in [6, 6.07) is 16.4. The number of hydrogen-bond donors (Lipinski definition) is 2. The van der Waals surface area contributed by atoms with E-state index in [1.54, 1.807) is 36.4 Å². The average molecular weight is 494 g/mol. The molecule has 0 radical (unpaired) electrons. The molecule has 178 valence electrons. The first-order valence-electron chi connectivity index (χ1n) is 10.3. The molecule has 1 aliphatic heterocycles. The second-order valence-corrected chi connectivity index (χ2v) is 8.40. The lowest BCUT2D eigenvalue weighted by molar-refractivity contribution is -0.384. The first-order chi connectivity index (χ1) is 16.9. The molecule has 4 rings (SSSR count). The van der Waals surface area contributed by atoms with Gasteiger partial charge in [0.25, 0.3) is 5.69 Å². The van der Waals surface area contributed by atoms with Gasteiger partial charge in [-0.15, -0.1) is 5.10 Å². The topological polar surface area (TPSA) is 148 Å². The fourth-order valence-electron chi connectivity index (χ4n) is 3.20. The Morgan fingerprint density at radius 3 is 2.80 bits per heavy atom. The van der Waals surface area contributed by atoms with Crippen LogP contribution in [0.15, 0.2) is 75.3 Å². The van der Waals surface area contributed by atoms with E-state index in [0.29, 0.717) is 28.5 Å². The number of furan rings is 1. The van der Waals surface area contributed by atoms with Gasteiger partial charge in [-0.1, -0.05) is 30.0 Å². The SMILES string of the molecule is COc1ccc([N+](=O)[O-])cc1-c1ccc(/C=N/N=C2\NC(=O)C(CC(=O)Nc3ccccc3)S2)o1. The van der Waals surface area contributed by atoms with Gasteiger partial charge in [-0.05, 0) is 30.3 Å². The number of benzene rings is 2. The molecule has 1 aromatic heterocycles. The number of thioether (sulfide) groups is 1. The van der Waals surface area contributed by atoms with Crippen molar-refractivity contribution in [1.29, 1.82) is 0 Å². The van der Waals surface area contributed by atoms with E-state index in [-0.39, 0.29) is 29.1 Å². The van der Waals surface area contributed by atoms with Gasteiger partial charge >= 0.3 is 0 Å². The van der Waals surface area contributed by atoms with Gasteiger partial charge < -0.3 is 19.8 Å². The standard InChI is InChI=1S/C23H19N5O6S/c1-33-18-9-7-15(28(31)32)11-17(18)19-10-8-16(34-19)13-24-27-23-26-22(30)20(35-23)12-21(29)25-14-5-3-2-4-6-14/h2-11,13,20H,12H2,1H3,(H,25,29)(H,26,27,30)/b24-13+. The third-order valence-corrected chi connectivity index (χ3v) is 5.90. The van der Waals surface area contributed by atoms with Crippen LogP contribution in [0, 0.1) is 10.1 Å². The van der Waals surface area contributed by atoms with Gasteiger partial charge in [0.1, 0.15) is 22.5 Å². The van der Waals surface area contributed by atoms with Crippen LogP contribution in [0.5, 0.6) is 5.75 Å². The molecule has 35 heavy (non-hydrogen) atoms. The summed E-state index contributed by atoms with van der Waals surface area (Å²) in [5.74, 6) is 0.498. The summed E-state index contributed by atoms with van der Waals surface area (Å²) in [6.45, 7) is 0. The molecule has 1 unspecified atom stereocenters. The number of nitro benzene ring substituents is 1. The third kappa shape index (κ3) is 5.92. The Balaban J connectivity index is 1.38. The Hall–Kier alpha value is -4.45. The number of carbonyl (C=O) groups is 2. The molecule has 1 saturated heterocycles. The van der Waals surface area contributed by atoms with Crippen molar-refractivity contribution >= 4 is 46.3 Å². The smallest absolute Gasteiger partial charge is 0.270 e. The summed E-state index contributed by atoms with van der Waals surface area (Å²) in [7, 11) is 1.46. The predicted octanol–water partition coefficient (Wildman–Crippen LogP) is 3.81. The number of non-ortho nitro benzene ring substituents is 1. The number of amides is 2. The van der Waals surface area contributed by atoms with E-state index in [1.165, 1.54) is 31.5 Å². The summed E-state index contributed by atoms with van der Waals surface area (Å²) >= 11 is 1.11. The molecule has 11 nitrogen and oxygen atoms in total. The predicted molar refractivity (Wildman–Crippen MR) is 132 cm³/mol. The van der Waals surface area contributed by atoms with Gasteiger partial charge in [0, 0.05) is 24.2 Å². The quantitative estimate of drug-likeness (QED) is 0.275. The van der Waals surface area contributed by atoms with Crippen molar-refractivity contribution in [2.75, 3.05) is 12.4 Å². The fraction of sp³-hybridized carbons (Fsp3) is 0.130. The van der Waals surface area contributed by atoms with Gasteiger partial charge in [0.15, 0.2) is 5.17 Å². The van der Waals surface area contributed by atoms with Crippen LogP contribution in [0.3, 0.4) is 0 Å². The summed E-state index contributed by atoms with van der Waals surface area (Å²) in [6.07, 6.45) is 1.32. The highest BCUT2D eigenvalue weighted by Gasteiger charge is 2.32. The average Bonchev–Trinajstić information content (AvgIpc) is 3.45. The van der Waals surface area contributed by atoms with Crippen LogP contribution < -0.4 is 15.4 Å². The Labute approximate surface area is 203 Å². The minimum Gasteiger partial charge on any atom is -0.496 e. The van der Waals surface area contributed by atoms with E-state index >= 15 is 0 Å². The number of nitrogens with one attached hydrogen (secondary N) is 2. The minimum absolute atomic E-state index is 0.0132. The maximum absolute atomic E-state index is 12.2. The van der Waals surface area contributed by atoms with E-state index in [0.717, 1.165) is 11.8 Å². The number of methoxy groups -OCH3 is 1.